The van der Waals surface area contributed by atoms with E-state index in [2.05, 4.69) is 27.6 Å². The van der Waals surface area contributed by atoms with Crippen LogP contribution in [0.3, 0.4) is 0 Å². The number of aromatic amines is 1. The van der Waals surface area contributed by atoms with E-state index in [1.165, 1.54) is 12.3 Å². The molecular formula is C15H15IN2O4S. The van der Waals surface area contributed by atoms with Crippen molar-refractivity contribution in [3.05, 3.63) is 45.8 Å². The number of nitrogens with zero attached hydrogens (tertiary/aromatic N) is 1. The van der Waals surface area contributed by atoms with Crippen molar-refractivity contribution in [1.82, 2.24) is 9.88 Å². The number of benzene rings is 1. The van der Waals surface area contributed by atoms with Gasteiger partial charge in [0, 0.05) is 22.9 Å². The van der Waals surface area contributed by atoms with Gasteiger partial charge in [0.2, 0.25) is 0 Å². The molecular weight excluding hydrogens is 431 g/mol. The standard InChI is InChI=1S/C15H15IN2O4S/c16-11-3-5-12(6-4-11)22-23(20,21)13-9-14(17-10-13)15(19)18-7-1-2-8-18/h3-6,9-10,17H,1-2,7-8H2. The summed E-state index contributed by atoms with van der Waals surface area (Å²) in [5, 5.41) is 0. The predicted octanol–water partition coefficient (Wildman–Crippen LogP) is 2.62. The number of halogens is 1. The number of carbonyl (C=O) groups is 1. The Hall–Kier alpha value is -1.55. The molecule has 1 aromatic heterocycles. The molecule has 1 aliphatic rings. The fraction of sp³-hybridized carbons (Fsp3) is 0.267. The van der Waals surface area contributed by atoms with Gasteiger partial charge in [0.15, 0.2) is 0 Å². The van der Waals surface area contributed by atoms with Crippen molar-refractivity contribution in [2.24, 2.45) is 0 Å². The Morgan fingerprint density at radius 3 is 2.48 bits per heavy atom. The summed E-state index contributed by atoms with van der Waals surface area (Å²) in [6.45, 7) is 1.41. The van der Waals surface area contributed by atoms with Gasteiger partial charge in [-0.25, -0.2) is 0 Å². The molecule has 8 heteroatoms. The van der Waals surface area contributed by atoms with Crippen molar-refractivity contribution in [1.29, 1.82) is 0 Å². The molecule has 0 bridgehead atoms. The minimum Gasteiger partial charge on any atom is -0.379 e. The van der Waals surface area contributed by atoms with Gasteiger partial charge in [-0.15, -0.1) is 0 Å². The van der Waals surface area contributed by atoms with Crippen molar-refractivity contribution >= 4 is 38.6 Å². The lowest BCUT2D eigenvalue weighted by Crippen LogP contribution is -2.27. The van der Waals surface area contributed by atoms with Crippen molar-refractivity contribution in [2.75, 3.05) is 13.1 Å². The maximum Gasteiger partial charge on any atom is 0.340 e. The summed E-state index contributed by atoms with van der Waals surface area (Å²) in [7, 11) is -3.97. The molecule has 1 amide bonds. The SMILES string of the molecule is O=C(c1cc(S(=O)(=O)Oc2ccc(I)cc2)c[nH]1)N1CCCC1. The highest BCUT2D eigenvalue weighted by molar-refractivity contribution is 14.1. The molecule has 0 spiro atoms. The second-order valence-electron chi connectivity index (χ2n) is 5.24. The molecule has 1 fully saturated rings. The number of aromatic nitrogens is 1. The second kappa shape index (κ2) is 6.52. The van der Waals surface area contributed by atoms with Gasteiger partial charge in [0.25, 0.3) is 5.91 Å². The average molecular weight is 446 g/mol. The molecule has 1 aliphatic heterocycles. The van der Waals surface area contributed by atoms with Crippen LogP contribution in [0.25, 0.3) is 0 Å². The number of nitrogens with one attached hydrogen (secondary N) is 1. The number of likely N-dealkylation sites (tertiary alicyclic amines) is 1. The van der Waals surface area contributed by atoms with E-state index in [0.717, 1.165) is 16.4 Å². The summed E-state index contributed by atoms with van der Waals surface area (Å²) in [6.07, 6.45) is 3.24. The van der Waals surface area contributed by atoms with Crippen LogP contribution < -0.4 is 4.18 Å². The largest absolute Gasteiger partial charge is 0.379 e. The Balaban J connectivity index is 1.78. The van der Waals surface area contributed by atoms with Crippen LogP contribution in [0.1, 0.15) is 23.3 Å². The first-order valence-electron chi connectivity index (χ1n) is 7.13. The van der Waals surface area contributed by atoms with E-state index in [1.54, 1.807) is 29.2 Å². The monoisotopic (exact) mass is 446 g/mol. The molecule has 1 aromatic carbocycles. The van der Waals surface area contributed by atoms with Crippen LogP contribution in [0.4, 0.5) is 0 Å². The first kappa shape index (κ1) is 16.3. The first-order chi connectivity index (χ1) is 11.0. The van der Waals surface area contributed by atoms with Crippen LogP contribution in [-0.4, -0.2) is 37.3 Å². The van der Waals surface area contributed by atoms with E-state index in [4.69, 9.17) is 4.18 Å². The Morgan fingerprint density at radius 2 is 1.83 bits per heavy atom. The van der Waals surface area contributed by atoms with Gasteiger partial charge in [-0.3, -0.25) is 4.79 Å². The normalized spacial score (nSPS) is 14.9. The fourth-order valence-electron chi connectivity index (χ4n) is 2.40. The average Bonchev–Trinajstić information content (AvgIpc) is 3.20. The number of carbonyl (C=O) groups excluding carboxylic acids is 1. The van der Waals surface area contributed by atoms with E-state index < -0.39 is 10.1 Å². The van der Waals surface area contributed by atoms with Crippen LogP contribution in [-0.2, 0) is 10.1 Å². The molecule has 2 aromatic rings. The fourth-order valence-corrected chi connectivity index (χ4v) is 3.68. The number of hydrogen-bond donors (Lipinski definition) is 1. The number of H-pyrrole nitrogens is 1. The Morgan fingerprint density at radius 1 is 1.17 bits per heavy atom. The van der Waals surface area contributed by atoms with Crippen molar-refractivity contribution in [3.63, 3.8) is 0 Å². The van der Waals surface area contributed by atoms with Crippen molar-refractivity contribution < 1.29 is 17.4 Å². The van der Waals surface area contributed by atoms with Gasteiger partial charge in [-0.05, 0) is 65.8 Å². The second-order valence-corrected chi connectivity index (χ2v) is 8.03. The van der Waals surface area contributed by atoms with E-state index in [1.807, 2.05) is 0 Å². The Labute approximate surface area is 148 Å². The third-order valence-corrected chi connectivity index (χ3v) is 5.53. The van der Waals surface area contributed by atoms with E-state index in [-0.39, 0.29) is 22.2 Å². The van der Waals surface area contributed by atoms with Crippen LogP contribution in [0.5, 0.6) is 5.75 Å². The van der Waals surface area contributed by atoms with E-state index >= 15 is 0 Å². The summed E-state index contributed by atoms with van der Waals surface area (Å²) in [5.41, 5.74) is 0.261. The van der Waals surface area contributed by atoms with Gasteiger partial charge >= 0.3 is 10.1 Å². The highest BCUT2D eigenvalue weighted by atomic mass is 127. The molecule has 0 aliphatic carbocycles. The van der Waals surface area contributed by atoms with Crippen LogP contribution >= 0.6 is 22.6 Å². The number of rotatable bonds is 4. The quantitative estimate of drug-likeness (QED) is 0.579. The molecule has 0 radical (unpaired) electrons. The first-order valence-corrected chi connectivity index (χ1v) is 9.62. The maximum atomic E-state index is 12.3. The molecule has 23 heavy (non-hydrogen) atoms. The summed E-state index contributed by atoms with van der Waals surface area (Å²) in [5.74, 6) is 0.0530. The lowest BCUT2D eigenvalue weighted by molar-refractivity contribution is 0.0787. The predicted molar refractivity (Wildman–Crippen MR) is 92.9 cm³/mol. The molecule has 6 nitrogen and oxygen atoms in total. The van der Waals surface area contributed by atoms with E-state index in [9.17, 15) is 13.2 Å². The molecule has 0 unspecified atom stereocenters. The zero-order chi connectivity index (χ0) is 16.4. The molecule has 2 heterocycles. The summed E-state index contributed by atoms with van der Waals surface area (Å²) in [6, 6.07) is 8.00. The lowest BCUT2D eigenvalue weighted by Gasteiger charge is -2.13. The van der Waals surface area contributed by atoms with Crippen molar-refractivity contribution in [2.45, 2.75) is 17.7 Å². The third-order valence-electron chi connectivity index (χ3n) is 3.59. The molecule has 3 rings (SSSR count). The van der Waals surface area contributed by atoms with Crippen molar-refractivity contribution in [3.8, 4) is 5.75 Å². The van der Waals surface area contributed by atoms with Gasteiger partial charge in [-0.2, -0.15) is 8.42 Å². The van der Waals surface area contributed by atoms with Gasteiger partial charge in [0.05, 0.1) is 0 Å². The van der Waals surface area contributed by atoms with Gasteiger partial charge < -0.3 is 14.1 Å². The third kappa shape index (κ3) is 3.69. The van der Waals surface area contributed by atoms with E-state index in [0.29, 0.717) is 13.1 Å². The summed E-state index contributed by atoms with van der Waals surface area (Å²) >= 11 is 2.12. The van der Waals surface area contributed by atoms with Gasteiger partial charge in [0.1, 0.15) is 16.3 Å². The Kier molecular flexibility index (Phi) is 4.62. The van der Waals surface area contributed by atoms with Gasteiger partial charge in [-0.1, -0.05) is 0 Å². The number of hydrogen-bond acceptors (Lipinski definition) is 4. The minimum atomic E-state index is -3.97. The maximum absolute atomic E-state index is 12.3. The number of amides is 1. The molecule has 1 N–H and O–H groups in total. The zero-order valence-corrected chi connectivity index (χ0v) is 15.1. The highest BCUT2D eigenvalue weighted by Crippen LogP contribution is 2.21. The molecule has 122 valence electrons. The summed E-state index contributed by atoms with van der Waals surface area (Å²) < 4.78 is 30.6. The minimum absolute atomic E-state index is 0.0569. The van der Waals surface area contributed by atoms with Crippen LogP contribution in [0.15, 0.2) is 41.4 Å². The topological polar surface area (TPSA) is 79.5 Å². The molecule has 0 saturated carbocycles. The van der Waals surface area contributed by atoms with Crippen LogP contribution in [0, 0.1) is 3.57 Å². The smallest absolute Gasteiger partial charge is 0.340 e. The summed E-state index contributed by atoms with van der Waals surface area (Å²) in [4.78, 5) is 16.6. The molecule has 1 saturated heterocycles. The van der Waals surface area contributed by atoms with Crippen LogP contribution in [0.2, 0.25) is 0 Å². The Bertz CT molecular complexity index is 808. The molecule has 0 atom stereocenters. The lowest BCUT2D eigenvalue weighted by atomic mass is 10.3. The zero-order valence-electron chi connectivity index (χ0n) is 12.2. The highest BCUT2D eigenvalue weighted by Gasteiger charge is 2.24.